The molecule has 0 saturated carbocycles. The van der Waals surface area contributed by atoms with Gasteiger partial charge in [-0.25, -0.2) is 0 Å². The third-order valence-corrected chi connectivity index (χ3v) is 4.18. The second kappa shape index (κ2) is 5.33. The molecule has 3 nitrogen and oxygen atoms in total. The molecule has 0 aromatic heterocycles. The molecule has 1 aromatic rings. The molecule has 0 unspecified atom stereocenters. The van der Waals surface area contributed by atoms with Gasteiger partial charge < -0.3 is 4.90 Å². The quantitative estimate of drug-likeness (QED) is 0.781. The van der Waals surface area contributed by atoms with E-state index in [1.807, 2.05) is 25.1 Å². The zero-order valence-corrected chi connectivity index (χ0v) is 12.4. The molecule has 0 amide bonds. The first-order chi connectivity index (χ1) is 8.95. The Morgan fingerprint density at radius 3 is 2.58 bits per heavy atom. The molecule has 1 aromatic carbocycles. The van der Waals surface area contributed by atoms with Crippen LogP contribution in [0.5, 0.6) is 0 Å². The summed E-state index contributed by atoms with van der Waals surface area (Å²) in [7, 11) is 2.17. The summed E-state index contributed by atoms with van der Waals surface area (Å²) in [6.07, 6.45) is 0.564. The molecular formula is C16H24N2O. The van der Waals surface area contributed by atoms with Gasteiger partial charge >= 0.3 is 0 Å². The minimum Gasteiger partial charge on any atom is -0.368 e. The van der Waals surface area contributed by atoms with E-state index in [0.29, 0.717) is 6.42 Å². The number of nitrogens with zero attached hydrogens (tertiary/aromatic N) is 2. The average molecular weight is 260 g/mol. The standard InChI is InChI=1S/C16H24N2O/c1-5-15(19)13-8-6-7-9-14(13)18-11-10-17(4)16(2,3)12-18/h6-9H,5,10-12H2,1-4H3. The van der Waals surface area contributed by atoms with Crippen LogP contribution in [0, 0.1) is 0 Å². The molecule has 3 heteroatoms. The molecule has 104 valence electrons. The molecule has 2 rings (SSSR count). The summed E-state index contributed by atoms with van der Waals surface area (Å²) in [6, 6.07) is 8.00. The Balaban J connectivity index is 2.30. The van der Waals surface area contributed by atoms with Crippen LogP contribution in [0.15, 0.2) is 24.3 Å². The molecule has 1 fully saturated rings. The lowest BCUT2D eigenvalue weighted by molar-refractivity contribution is 0.0987. The second-order valence-electron chi connectivity index (χ2n) is 5.95. The van der Waals surface area contributed by atoms with Gasteiger partial charge in [0.15, 0.2) is 5.78 Å². The van der Waals surface area contributed by atoms with Gasteiger partial charge in [0, 0.05) is 42.8 Å². The van der Waals surface area contributed by atoms with E-state index >= 15 is 0 Å². The number of hydrogen-bond acceptors (Lipinski definition) is 3. The van der Waals surface area contributed by atoms with E-state index < -0.39 is 0 Å². The van der Waals surface area contributed by atoms with Gasteiger partial charge in [0.25, 0.3) is 0 Å². The van der Waals surface area contributed by atoms with Gasteiger partial charge in [0.05, 0.1) is 0 Å². The summed E-state index contributed by atoms with van der Waals surface area (Å²) in [5.74, 6) is 0.229. The van der Waals surface area contributed by atoms with Crippen molar-refractivity contribution < 1.29 is 4.79 Å². The molecule has 0 radical (unpaired) electrons. The largest absolute Gasteiger partial charge is 0.368 e. The monoisotopic (exact) mass is 260 g/mol. The number of ketones is 1. The lowest BCUT2D eigenvalue weighted by atomic mass is 9.97. The van der Waals surface area contributed by atoms with Crippen molar-refractivity contribution in [1.82, 2.24) is 4.90 Å². The van der Waals surface area contributed by atoms with Crippen molar-refractivity contribution in [2.75, 3.05) is 31.6 Å². The maximum Gasteiger partial charge on any atom is 0.164 e. The first-order valence-corrected chi connectivity index (χ1v) is 7.04. The molecule has 0 atom stereocenters. The molecule has 0 bridgehead atoms. The number of carbonyl (C=O) groups is 1. The molecular weight excluding hydrogens is 236 g/mol. The van der Waals surface area contributed by atoms with Crippen LogP contribution in [-0.4, -0.2) is 42.9 Å². The number of para-hydroxylation sites is 1. The fourth-order valence-corrected chi connectivity index (χ4v) is 2.62. The van der Waals surface area contributed by atoms with E-state index in [0.717, 1.165) is 30.9 Å². The van der Waals surface area contributed by atoms with Gasteiger partial charge in [-0.1, -0.05) is 19.1 Å². The number of carbonyl (C=O) groups excluding carboxylic acids is 1. The van der Waals surface area contributed by atoms with E-state index in [2.05, 4.69) is 36.8 Å². The summed E-state index contributed by atoms with van der Waals surface area (Å²) in [6.45, 7) is 9.40. The Kier molecular flexibility index (Phi) is 3.95. The Morgan fingerprint density at radius 2 is 1.95 bits per heavy atom. The van der Waals surface area contributed by atoms with Gasteiger partial charge in [-0.05, 0) is 33.0 Å². The van der Waals surface area contributed by atoms with Crippen molar-refractivity contribution in [2.45, 2.75) is 32.7 Å². The van der Waals surface area contributed by atoms with Crippen LogP contribution in [0.4, 0.5) is 5.69 Å². The summed E-state index contributed by atoms with van der Waals surface area (Å²) < 4.78 is 0. The molecule has 0 N–H and O–H groups in total. The summed E-state index contributed by atoms with van der Waals surface area (Å²) in [4.78, 5) is 16.8. The normalized spacial score (nSPS) is 19.5. The zero-order valence-electron chi connectivity index (χ0n) is 12.4. The average Bonchev–Trinajstić information content (AvgIpc) is 2.41. The third-order valence-electron chi connectivity index (χ3n) is 4.18. The highest BCUT2D eigenvalue weighted by molar-refractivity contribution is 6.01. The van der Waals surface area contributed by atoms with Crippen LogP contribution >= 0.6 is 0 Å². The number of rotatable bonds is 3. The Bertz CT molecular complexity index is 468. The molecule has 0 spiro atoms. The predicted octanol–water partition coefficient (Wildman–Crippen LogP) is 2.81. The number of likely N-dealkylation sites (N-methyl/N-ethyl adjacent to an activating group) is 1. The van der Waals surface area contributed by atoms with Gasteiger partial charge in [0.1, 0.15) is 0 Å². The number of hydrogen-bond donors (Lipinski definition) is 0. The van der Waals surface area contributed by atoms with Crippen molar-refractivity contribution in [2.24, 2.45) is 0 Å². The van der Waals surface area contributed by atoms with E-state index in [1.54, 1.807) is 0 Å². The molecule has 1 aliphatic rings. The predicted molar refractivity (Wildman–Crippen MR) is 80.0 cm³/mol. The van der Waals surface area contributed by atoms with Crippen LogP contribution in [0.3, 0.4) is 0 Å². The van der Waals surface area contributed by atoms with Crippen LogP contribution in [0.1, 0.15) is 37.6 Å². The fraction of sp³-hybridized carbons (Fsp3) is 0.562. The molecule has 1 heterocycles. The van der Waals surface area contributed by atoms with Gasteiger partial charge in [-0.3, -0.25) is 9.69 Å². The van der Waals surface area contributed by atoms with Crippen LogP contribution < -0.4 is 4.90 Å². The number of piperazine rings is 1. The van der Waals surface area contributed by atoms with Gasteiger partial charge in [0.2, 0.25) is 0 Å². The molecule has 1 saturated heterocycles. The van der Waals surface area contributed by atoms with Crippen molar-refractivity contribution >= 4 is 11.5 Å². The second-order valence-corrected chi connectivity index (χ2v) is 5.95. The van der Waals surface area contributed by atoms with Crippen molar-refractivity contribution in [1.29, 1.82) is 0 Å². The first kappa shape index (κ1) is 14.1. The molecule has 0 aliphatic carbocycles. The van der Waals surface area contributed by atoms with Gasteiger partial charge in [-0.15, -0.1) is 0 Å². The highest BCUT2D eigenvalue weighted by atomic mass is 16.1. The van der Waals surface area contributed by atoms with Crippen LogP contribution in [-0.2, 0) is 0 Å². The highest BCUT2D eigenvalue weighted by Crippen LogP contribution is 2.27. The summed E-state index contributed by atoms with van der Waals surface area (Å²) in [5, 5.41) is 0. The van der Waals surface area contributed by atoms with E-state index in [4.69, 9.17) is 0 Å². The SMILES string of the molecule is CCC(=O)c1ccccc1N1CCN(C)C(C)(C)C1. The summed E-state index contributed by atoms with van der Waals surface area (Å²) in [5.41, 5.74) is 2.10. The maximum atomic E-state index is 12.1. The number of benzene rings is 1. The minimum atomic E-state index is 0.140. The first-order valence-electron chi connectivity index (χ1n) is 7.04. The Morgan fingerprint density at radius 1 is 1.26 bits per heavy atom. The van der Waals surface area contributed by atoms with E-state index in [-0.39, 0.29) is 11.3 Å². The highest BCUT2D eigenvalue weighted by Gasteiger charge is 2.32. The lowest BCUT2D eigenvalue weighted by Crippen LogP contribution is -2.57. The van der Waals surface area contributed by atoms with Crippen LogP contribution in [0.2, 0.25) is 0 Å². The number of Topliss-reactive ketones (excluding diaryl/α,β-unsaturated/α-hetero) is 1. The lowest BCUT2D eigenvalue weighted by Gasteiger charge is -2.46. The molecule has 19 heavy (non-hydrogen) atoms. The maximum absolute atomic E-state index is 12.1. The zero-order chi connectivity index (χ0) is 14.0. The van der Waals surface area contributed by atoms with E-state index in [9.17, 15) is 4.79 Å². The van der Waals surface area contributed by atoms with E-state index in [1.165, 1.54) is 0 Å². The Hall–Kier alpha value is -1.35. The molecule has 1 aliphatic heterocycles. The fourth-order valence-electron chi connectivity index (χ4n) is 2.62. The number of anilines is 1. The minimum absolute atomic E-state index is 0.140. The Labute approximate surface area is 116 Å². The smallest absolute Gasteiger partial charge is 0.164 e. The van der Waals surface area contributed by atoms with Crippen molar-refractivity contribution in [3.05, 3.63) is 29.8 Å². The van der Waals surface area contributed by atoms with Crippen molar-refractivity contribution in [3.63, 3.8) is 0 Å². The topological polar surface area (TPSA) is 23.6 Å². The third kappa shape index (κ3) is 2.81. The summed E-state index contributed by atoms with van der Waals surface area (Å²) >= 11 is 0. The van der Waals surface area contributed by atoms with Crippen LogP contribution in [0.25, 0.3) is 0 Å². The van der Waals surface area contributed by atoms with Gasteiger partial charge in [-0.2, -0.15) is 0 Å². The van der Waals surface area contributed by atoms with Crippen molar-refractivity contribution in [3.8, 4) is 0 Å².